The Bertz CT molecular complexity index is 475. The van der Waals surface area contributed by atoms with Crippen molar-refractivity contribution in [2.45, 2.75) is 24.9 Å². The molecule has 1 N–H and O–H groups in total. The van der Waals surface area contributed by atoms with Crippen LogP contribution in [0.4, 0.5) is 0 Å². The number of benzene rings is 1. The van der Waals surface area contributed by atoms with E-state index in [4.69, 9.17) is 14.6 Å². The number of nitrogens with zero attached hydrogens (tertiary/aromatic N) is 1. The molecule has 5 nitrogen and oxygen atoms in total. The highest BCUT2D eigenvalue weighted by atomic mass is 16.5. The highest BCUT2D eigenvalue weighted by Crippen LogP contribution is 2.38. The number of rotatable bonds is 4. The quantitative estimate of drug-likeness (QED) is 0.901. The van der Waals surface area contributed by atoms with E-state index in [-0.39, 0.29) is 6.04 Å². The van der Waals surface area contributed by atoms with Crippen LogP contribution in [0.5, 0.6) is 11.5 Å². The summed E-state index contributed by atoms with van der Waals surface area (Å²) in [4.78, 5) is 13.0. The molecule has 1 heterocycles. The molecule has 1 aromatic rings. The Kier molecular flexibility index (Phi) is 3.95. The monoisotopic (exact) mass is 265 g/mol. The van der Waals surface area contributed by atoms with E-state index in [1.165, 1.54) is 0 Å². The van der Waals surface area contributed by atoms with Gasteiger partial charge < -0.3 is 14.6 Å². The number of carboxylic acid groups (broad SMARTS) is 1. The number of likely N-dealkylation sites (N-methyl/N-ethyl adjacent to an activating group) is 1. The predicted molar refractivity (Wildman–Crippen MR) is 70.7 cm³/mol. The van der Waals surface area contributed by atoms with Gasteiger partial charge in [0.1, 0.15) is 6.04 Å². The average Bonchev–Trinajstić information content (AvgIpc) is 2.80. The number of methoxy groups -OCH3 is 2. The summed E-state index contributed by atoms with van der Waals surface area (Å²) in [6.45, 7) is 0. The van der Waals surface area contributed by atoms with Crippen molar-refractivity contribution in [3.63, 3.8) is 0 Å². The molecule has 0 saturated carbocycles. The molecule has 0 amide bonds. The molecule has 2 unspecified atom stereocenters. The Morgan fingerprint density at radius 1 is 1.26 bits per heavy atom. The van der Waals surface area contributed by atoms with Crippen LogP contribution in [-0.4, -0.2) is 43.3 Å². The maximum Gasteiger partial charge on any atom is 0.320 e. The van der Waals surface area contributed by atoms with E-state index in [1.807, 2.05) is 30.1 Å². The van der Waals surface area contributed by atoms with Crippen LogP contribution in [0.1, 0.15) is 24.4 Å². The second-order valence-electron chi connectivity index (χ2n) is 4.73. The molecule has 2 rings (SSSR count). The van der Waals surface area contributed by atoms with Crippen molar-refractivity contribution in [1.29, 1.82) is 0 Å². The third-order valence-corrected chi connectivity index (χ3v) is 3.77. The molecule has 5 heteroatoms. The largest absolute Gasteiger partial charge is 0.493 e. The molecular weight excluding hydrogens is 246 g/mol. The van der Waals surface area contributed by atoms with Crippen LogP contribution in [0.3, 0.4) is 0 Å². The van der Waals surface area contributed by atoms with Crippen LogP contribution >= 0.6 is 0 Å². The third-order valence-electron chi connectivity index (χ3n) is 3.77. The number of carbonyl (C=O) groups is 1. The Balaban J connectivity index is 2.26. The summed E-state index contributed by atoms with van der Waals surface area (Å²) >= 11 is 0. The molecule has 104 valence electrons. The number of hydrogen-bond donors (Lipinski definition) is 1. The van der Waals surface area contributed by atoms with Crippen molar-refractivity contribution in [1.82, 2.24) is 4.90 Å². The standard InChI is InChI=1S/C14H19NO4/c1-15-10(5-6-11(15)14(16)17)9-4-7-12(18-2)13(8-9)19-3/h4,7-8,10-11H,5-6H2,1-3H3,(H,16,17). The lowest BCUT2D eigenvalue weighted by Gasteiger charge is -2.24. The highest BCUT2D eigenvalue weighted by Gasteiger charge is 2.36. The van der Waals surface area contributed by atoms with Crippen molar-refractivity contribution in [3.05, 3.63) is 23.8 Å². The molecule has 19 heavy (non-hydrogen) atoms. The van der Waals surface area contributed by atoms with Gasteiger partial charge in [-0.15, -0.1) is 0 Å². The Labute approximate surface area is 112 Å². The summed E-state index contributed by atoms with van der Waals surface area (Å²) in [6, 6.07) is 5.45. The second kappa shape index (κ2) is 5.48. The van der Waals surface area contributed by atoms with Gasteiger partial charge in [-0.05, 0) is 37.6 Å². The van der Waals surface area contributed by atoms with E-state index in [0.29, 0.717) is 17.9 Å². The van der Waals surface area contributed by atoms with Crippen LogP contribution in [-0.2, 0) is 4.79 Å². The van der Waals surface area contributed by atoms with Gasteiger partial charge in [0.05, 0.1) is 14.2 Å². The summed E-state index contributed by atoms with van der Waals surface area (Å²) in [7, 11) is 5.05. The topological polar surface area (TPSA) is 59.0 Å². The molecule has 2 atom stereocenters. The van der Waals surface area contributed by atoms with E-state index in [1.54, 1.807) is 14.2 Å². The minimum absolute atomic E-state index is 0.112. The lowest BCUT2D eigenvalue weighted by molar-refractivity contribution is -0.142. The molecule has 1 saturated heterocycles. The van der Waals surface area contributed by atoms with Crippen molar-refractivity contribution in [2.24, 2.45) is 0 Å². The molecule has 1 aliphatic rings. The summed E-state index contributed by atoms with van der Waals surface area (Å²) in [5.41, 5.74) is 1.06. The van der Waals surface area contributed by atoms with Gasteiger partial charge in [0, 0.05) is 6.04 Å². The van der Waals surface area contributed by atoms with E-state index in [9.17, 15) is 4.79 Å². The molecule has 1 aromatic carbocycles. The predicted octanol–water partition coefficient (Wildman–Crippen LogP) is 1.92. The van der Waals surface area contributed by atoms with Crippen LogP contribution in [0.2, 0.25) is 0 Å². The van der Waals surface area contributed by atoms with E-state index in [2.05, 4.69) is 0 Å². The SMILES string of the molecule is COc1ccc(C2CCC(C(=O)O)N2C)cc1OC. The van der Waals surface area contributed by atoms with Crippen LogP contribution in [0.15, 0.2) is 18.2 Å². The maximum absolute atomic E-state index is 11.1. The number of hydrogen-bond acceptors (Lipinski definition) is 4. The van der Waals surface area contributed by atoms with Crippen molar-refractivity contribution in [3.8, 4) is 11.5 Å². The zero-order chi connectivity index (χ0) is 14.0. The number of carboxylic acids is 1. The van der Waals surface area contributed by atoms with Crippen LogP contribution in [0.25, 0.3) is 0 Å². The second-order valence-corrected chi connectivity index (χ2v) is 4.73. The molecule has 0 radical (unpaired) electrons. The average molecular weight is 265 g/mol. The first-order chi connectivity index (χ1) is 9.08. The smallest absolute Gasteiger partial charge is 0.320 e. The molecule has 0 aliphatic carbocycles. The van der Waals surface area contributed by atoms with Crippen molar-refractivity contribution < 1.29 is 19.4 Å². The number of likely N-dealkylation sites (tertiary alicyclic amines) is 1. The zero-order valence-corrected chi connectivity index (χ0v) is 11.4. The van der Waals surface area contributed by atoms with Crippen LogP contribution < -0.4 is 9.47 Å². The van der Waals surface area contributed by atoms with E-state index >= 15 is 0 Å². The first-order valence-corrected chi connectivity index (χ1v) is 6.25. The van der Waals surface area contributed by atoms with Gasteiger partial charge in [-0.25, -0.2) is 0 Å². The third kappa shape index (κ3) is 2.51. The molecule has 1 aliphatic heterocycles. The molecule has 1 fully saturated rings. The molecular formula is C14H19NO4. The fraction of sp³-hybridized carbons (Fsp3) is 0.500. The van der Waals surface area contributed by atoms with E-state index in [0.717, 1.165) is 12.0 Å². The molecule has 0 bridgehead atoms. The van der Waals surface area contributed by atoms with Gasteiger partial charge in [0.15, 0.2) is 11.5 Å². The van der Waals surface area contributed by atoms with Gasteiger partial charge in [0.2, 0.25) is 0 Å². The van der Waals surface area contributed by atoms with E-state index < -0.39 is 12.0 Å². The summed E-state index contributed by atoms with van der Waals surface area (Å²) in [6.07, 6.45) is 1.51. The minimum Gasteiger partial charge on any atom is -0.493 e. The normalized spacial score (nSPS) is 23.3. The molecule has 0 spiro atoms. The van der Waals surface area contributed by atoms with Gasteiger partial charge >= 0.3 is 5.97 Å². The number of ether oxygens (including phenoxy) is 2. The lowest BCUT2D eigenvalue weighted by atomic mass is 10.0. The van der Waals surface area contributed by atoms with Crippen LogP contribution in [0, 0.1) is 0 Å². The highest BCUT2D eigenvalue weighted by molar-refractivity contribution is 5.74. The number of aliphatic carboxylic acids is 1. The summed E-state index contributed by atoms with van der Waals surface area (Å²) in [5.74, 6) is 0.597. The van der Waals surface area contributed by atoms with Crippen molar-refractivity contribution in [2.75, 3.05) is 21.3 Å². The van der Waals surface area contributed by atoms with Gasteiger partial charge in [-0.1, -0.05) is 6.07 Å². The lowest BCUT2D eigenvalue weighted by Crippen LogP contribution is -2.34. The summed E-state index contributed by atoms with van der Waals surface area (Å²) in [5, 5.41) is 9.14. The van der Waals surface area contributed by atoms with Gasteiger partial charge in [0.25, 0.3) is 0 Å². The Morgan fingerprint density at radius 3 is 2.47 bits per heavy atom. The Hall–Kier alpha value is -1.75. The molecule has 0 aromatic heterocycles. The van der Waals surface area contributed by atoms with Gasteiger partial charge in [-0.2, -0.15) is 0 Å². The first-order valence-electron chi connectivity index (χ1n) is 6.25. The van der Waals surface area contributed by atoms with Gasteiger partial charge in [-0.3, -0.25) is 9.69 Å². The minimum atomic E-state index is -0.759. The first kappa shape index (κ1) is 13.7. The Morgan fingerprint density at radius 2 is 1.95 bits per heavy atom. The zero-order valence-electron chi connectivity index (χ0n) is 11.4. The maximum atomic E-state index is 11.1. The summed E-state index contributed by atoms with van der Waals surface area (Å²) < 4.78 is 10.5. The van der Waals surface area contributed by atoms with Crippen molar-refractivity contribution >= 4 is 5.97 Å². The fourth-order valence-corrected chi connectivity index (χ4v) is 2.70. The fourth-order valence-electron chi connectivity index (χ4n) is 2.70.